The Balaban J connectivity index is 1.14. The molecule has 208 valence electrons. The summed E-state index contributed by atoms with van der Waals surface area (Å²) in [6.45, 7) is 2.91. The molecule has 1 saturated heterocycles. The van der Waals surface area contributed by atoms with E-state index in [1.54, 1.807) is 27.9 Å². The Labute approximate surface area is 223 Å². The zero-order chi connectivity index (χ0) is 28.0. The van der Waals surface area contributed by atoms with Gasteiger partial charge in [0.1, 0.15) is 5.82 Å². The van der Waals surface area contributed by atoms with Gasteiger partial charge in [0.05, 0.1) is 30.1 Å². The average molecular weight is 559 g/mol. The number of piperazine rings is 1. The van der Waals surface area contributed by atoms with Crippen LogP contribution >= 0.6 is 0 Å². The van der Waals surface area contributed by atoms with Gasteiger partial charge in [0.15, 0.2) is 17.1 Å². The molecule has 0 amide bonds. The molecule has 40 heavy (non-hydrogen) atoms. The summed E-state index contributed by atoms with van der Waals surface area (Å²) in [4.78, 5) is 23.6. The van der Waals surface area contributed by atoms with Gasteiger partial charge in [0.2, 0.25) is 17.8 Å². The van der Waals surface area contributed by atoms with E-state index in [2.05, 4.69) is 30.2 Å². The number of nitrogen functional groups attached to an aromatic ring is 1. The van der Waals surface area contributed by atoms with Crippen LogP contribution < -0.4 is 10.6 Å². The lowest BCUT2D eigenvalue weighted by atomic mass is 10.1. The number of nitrogens with two attached hydrogens (primary N) is 1. The molecular weight excluding hydrogens is 536 g/mol. The lowest BCUT2D eigenvalue weighted by Crippen LogP contribution is -2.47. The molecule has 1 aliphatic rings. The van der Waals surface area contributed by atoms with Crippen LogP contribution in [0, 0.1) is 10.7 Å². The number of nitrogens with zero attached hydrogens (tertiary/aromatic N) is 9. The molecule has 0 bridgehead atoms. The normalized spacial score (nSPS) is 15.8. The van der Waals surface area contributed by atoms with Crippen LogP contribution in [0.15, 0.2) is 52.4 Å². The number of benzene rings is 1. The number of halogens is 4. The van der Waals surface area contributed by atoms with Crippen LogP contribution in [0.1, 0.15) is 11.6 Å². The summed E-state index contributed by atoms with van der Waals surface area (Å²) in [5, 5.41) is 11.7. The molecule has 5 aromatic rings. The Hall–Kier alpha value is -4.60. The van der Waals surface area contributed by atoms with Crippen LogP contribution in [0.2, 0.25) is 0 Å². The Kier molecular flexibility index (Phi) is 6.32. The maximum absolute atomic E-state index is 14.5. The SMILES string of the molecule is Nc1nc2c(cnn2CCN2CCN(c3cc(C(N=O)C(F)(F)F)ccc3F)CC2)c2nc(-c3ccco3)nn12. The van der Waals surface area contributed by atoms with Crippen LogP contribution in [-0.2, 0) is 6.54 Å². The number of rotatable bonds is 7. The summed E-state index contributed by atoms with van der Waals surface area (Å²) >= 11 is 0. The first-order chi connectivity index (χ1) is 19.2. The maximum Gasteiger partial charge on any atom is 0.418 e. The number of hydrogen-bond acceptors (Lipinski definition) is 10. The van der Waals surface area contributed by atoms with Gasteiger partial charge >= 0.3 is 6.18 Å². The second-order valence-corrected chi connectivity index (χ2v) is 9.31. The molecular formula is C24H22F4N10O2. The van der Waals surface area contributed by atoms with Crippen molar-refractivity contribution in [2.24, 2.45) is 5.18 Å². The number of fused-ring (bicyclic) bond motifs is 3. The van der Waals surface area contributed by atoms with Crippen molar-refractivity contribution in [3.05, 3.63) is 59.1 Å². The smallest absolute Gasteiger partial charge is 0.418 e. The Morgan fingerprint density at radius 3 is 2.58 bits per heavy atom. The van der Waals surface area contributed by atoms with E-state index < -0.39 is 23.6 Å². The minimum Gasteiger partial charge on any atom is -0.461 e. The highest BCUT2D eigenvalue weighted by atomic mass is 19.4. The quantitative estimate of drug-likeness (QED) is 0.235. The first kappa shape index (κ1) is 25.7. The van der Waals surface area contributed by atoms with E-state index in [1.165, 1.54) is 10.8 Å². The van der Waals surface area contributed by atoms with Crippen molar-refractivity contribution in [1.29, 1.82) is 0 Å². The number of anilines is 2. The number of alkyl halides is 3. The molecule has 2 N–H and O–H groups in total. The Morgan fingerprint density at radius 1 is 1.07 bits per heavy atom. The van der Waals surface area contributed by atoms with E-state index in [0.29, 0.717) is 67.5 Å². The van der Waals surface area contributed by atoms with Gasteiger partial charge in [-0.3, -0.25) is 4.90 Å². The van der Waals surface area contributed by atoms with Crippen molar-refractivity contribution in [1.82, 2.24) is 34.3 Å². The van der Waals surface area contributed by atoms with Crippen molar-refractivity contribution >= 4 is 28.3 Å². The molecule has 1 fully saturated rings. The van der Waals surface area contributed by atoms with Gasteiger partial charge in [0, 0.05) is 32.7 Å². The van der Waals surface area contributed by atoms with Crippen molar-refractivity contribution in [2.75, 3.05) is 43.4 Å². The fourth-order valence-corrected chi connectivity index (χ4v) is 4.83. The minimum absolute atomic E-state index is 0.0130. The van der Waals surface area contributed by atoms with Gasteiger partial charge in [-0.25, -0.2) is 14.1 Å². The van der Waals surface area contributed by atoms with Gasteiger partial charge < -0.3 is 15.1 Å². The molecule has 1 aromatic carbocycles. The summed E-state index contributed by atoms with van der Waals surface area (Å²) in [7, 11) is 0. The molecule has 0 spiro atoms. The molecule has 5 heterocycles. The molecule has 6 rings (SSSR count). The molecule has 12 nitrogen and oxygen atoms in total. The third-order valence-electron chi connectivity index (χ3n) is 6.88. The van der Waals surface area contributed by atoms with Gasteiger partial charge in [-0.15, -0.1) is 10.0 Å². The highest BCUT2D eigenvalue weighted by Crippen LogP contribution is 2.37. The van der Waals surface area contributed by atoms with E-state index in [-0.39, 0.29) is 11.6 Å². The summed E-state index contributed by atoms with van der Waals surface area (Å²) in [5.74, 6) is 0.348. The maximum atomic E-state index is 14.5. The fourth-order valence-electron chi connectivity index (χ4n) is 4.83. The lowest BCUT2D eigenvalue weighted by molar-refractivity contribution is -0.148. The third-order valence-corrected chi connectivity index (χ3v) is 6.88. The first-order valence-electron chi connectivity index (χ1n) is 12.3. The van der Waals surface area contributed by atoms with Crippen LogP contribution in [-0.4, -0.2) is 73.2 Å². The molecule has 1 unspecified atom stereocenters. The lowest BCUT2D eigenvalue weighted by Gasteiger charge is -2.36. The van der Waals surface area contributed by atoms with Crippen molar-refractivity contribution < 1.29 is 22.0 Å². The molecule has 16 heteroatoms. The van der Waals surface area contributed by atoms with Crippen molar-refractivity contribution in [3.8, 4) is 11.6 Å². The molecule has 0 saturated carbocycles. The zero-order valence-corrected chi connectivity index (χ0v) is 20.8. The van der Waals surface area contributed by atoms with Crippen LogP contribution in [0.25, 0.3) is 28.3 Å². The van der Waals surface area contributed by atoms with Crippen LogP contribution in [0.3, 0.4) is 0 Å². The number of aromatic nitrogens is 6. The molecule has 4 aromatic heterocycles. The summed E-state index contributed by atoms with van der Waals surface area (Å²) in [6.07, 6.45) is -1.68. The van der Waals surface area contributed by atoms with Gasteiger partial charge in [-0.1, -0.05) is 11.2 Å². The van der Waals surface area contributed by atoms with Crippen LogP contribution in [0.4, 0.5) is 29.2 Å². The second kappa shape index (κ2) is 9.86. The van der Waals surface area contributed by atoms with E-state index in [1.807, 2.05) is 0 Å². The van der Waals surface area contributed by atoms with Crippen LogP contribution in [0.5, 0.6) is 0 Å². The molecule has 0 aliphatic carbocycles. The number of nitroso groups, excluding NO2 is 1. The fraction of sp³-hybridized carbons (Fsp3) is 0.333. The predicted molar refractivity (Wildman–Crippen MR) is 136 cm³/mol. The largest absolute Gasteiger partial charge is 0.461 e. The monoisotopic (exact) mass is 558 g/mol. The van der Waals surface area contributed by atoms with Crippen molar-refractivity contribution in [2.45, 2.75) is 18.8 Å². The standard InChI is InChI=1S/C24H22F4N10O2/c25-16-4-3-14(19(34-39)24(26,27)28)12-17(16)36-8-5-35(6-9-36)7-10-37-21-15(13-30-37)22-31-20(18-2-1-11-40-18)33-38(22)23(29)32-21/h1-4,11-13,19H,5-10H2,(H2,29,32). The second-order valence-electron chi connectivity index (χ2n) is 9.31. The van der Waals surface area contributed by atoms with E-state index in [0.717, 1.165) is 18.2 Å². The first-order valence-corrected chi connectivity index (χ1v) is 12.3. The van der Waals surface area contributed by atoms with E-state index >= 15 is 0 Å². The third kappa shape index (κ3) is 4.59. The molecule has 0 radical (unpaired) electrons. The predicted octanol–water partition coefficient (Wildman–Crippen LogP) is 3.65. The zero-order valence-electron chi connectivity index (χ0n) is 20.8. The highest BCUT2D eigenvalue weighted by molar-refractivity contribution is 5.90. The number of hydrogen-bond donors (Lipinski definition) is 1. The summed E-state index contributed by atoms with van der Waals surface area (Å²) < 4.78 is 62.5. The summed E-state index contributed by atoms with van der Waals surface area (Å²) in [6, 6.07) is 3.86. The Morgan fingerprint density at radius 2 is 1.88 bits per heavy atom. The van der Waals surface area contributed by atoms with E-state index in [9.17, 15) is 22.5 Å². The molecule has 1 aliphatic heterocycles. The van der Waals surface area contributed by atoms with Crippen molar-refractivity contribution in [3.63, 3.8) is 0 Å². The minimum atomic E-state index is -4.85. The topological polar surface area (TPSA) is 136 Å². The molecule has 1 atom stereocenters. The van der Waals surface area contributed by atoms with Gasteiger partial charge in [-0.2, -0.15) is 27.8 Å². The Bertz CT molecular complexity index is 1670. The van der Waals surface area contributed by atoms with E-state index in [4.69, 9.17) is 10.2 Å². The summed E-state index contributed by atoms with van der Waals surface area (Å²) in [5.41, 5.74) is 6.81. The van der Waals surface area contributed by atoms with Gasteiger partial charge in [0.25, 0.3) is 0 Å². The highest BCUT2D eigenvalue weighted by Gasteiger charge is 2.43. The average Bonchev–Trinajstić information content (AvgIpc) is 3.68. The van der Waals surface area contributed by atoms with Gasteiger partial charge in [-0.05, 0) is 29.8 Å². The number of furan rings is 1.